The van der Waals surface area contributed by atoms with E-state index in [-0.39, 0.29) is 0 Å². The van der Waals surface area contributed by atoms with Crippen molar-refractivity contribution < 1.29 is 4.74 Å². The average Bonchev–Trinajstić information content (AvgIpc) is 2.36. The van der Waals surface area contributed by atoms with E-state index in [1.165, 1.54) is 0 Å². The minimum atomic E-state index is 0.409. The summed E-state index contributed by atoms with van der Waals surface area (Å²) >= 11 is 11.7. The number of hydrogen-bond donors (Lipinski definition) is 0. The molecule has 3 nitrogen and oxygen atoms in total. The molecule has 0 saturated heterocycles. The van der Waals surface area contributed by atoms with E-state index in [4.69, 9.17) is 27.9 Å². The third kappa shape index (κ3) is 4.70. The van der Waals surface area contributed by atoms with Crippen molar-refractivity contribution in [2.45, 2.75) is 19.7 Å². The van der Waals surface area contributed by atoms with Crippen molar-refractivity contribution in [2.24, 2.45) is 0 Å². The normalized spacial score (nSPS) is 10.9. The van der Waals surface area contributed by atoms with E-state index in [9.17, 15) is 0 Å². The van der Waals surface area contributed by atoms with Gasteiger partial charge in [0.15, 0.2) is 0 Å². The van der Waals surface area contributed by atoms with Gasteiger partial charge in [0.2, 0.25) is 5.88 Å². The summed E-state index contributed by atoms with van der Waals surface area (Å²) < 4.78 is 5.54. The highest BCUT2D eigenvalue weighted by Crippen LogP contribution is 2.22. The van der Waals surface area contributed by atoms with Crippen LogP contribution in [0.4, 0.5) is 0 Å². The molecule has 0 amide bonds. The van der Waals surface area contributed by atoms with Crippen LogP contribution in [0.5, 0.6) is 5.88 Å². The van der Waals surface area contributed by atoms with Crippen LogP contribution in [0.15, 0.2) is 12.3 Å². The van der Waals surface area contributed by atoms with Gasteiger partial charge in [-0.1, -0.05) is 25.4 Å². The summed E-state index contributed by atoms with van der Waals surface area (Å²) in [6.07, 6.45) is 1.69. The second-order valence-corrected chi connectivity index (χ2v) is 4.31. The van der Waals surface area contributed by atoms with Crippen LogP contribution < -0.4 is 4.74 Å². The van der Waals surface area contributed by atoms with E-state index in [0.717, 1.165) is 25.2 Å². The summed E-state index contributed by atoms with van der Waals surface area (Å²) in [5.74, 6) is 0.889. The number of likely N-dealkylation sites (N-methyl/N-ethyl adjacent to an activating group) is 1. The molecular formula is C12H18Cl2N2O. The Hall–Kier alpha value is -0.510. The SMILES string of the molecule is CCN(CC)CCOc1ncc(CCl)cc1Cl. The Morgan fingerprint density at radius 2 is 2.06 bits per heavy atom. The van der Waals surface area contributed by atoms with Gasteiger partial charge in [-0.15, -0.1) is 11.6 Å². The molecule has 17 heavy (non-hydrogen) atoms. The van der Waals surface area contributed by atoms with E-state index in [2.05, 4.69) is 23.7 Å². The molecule has 0 aromatic carbocycles. The summed E-state index contributed by atoms with van der Waals surface area (Å²) in [6.45, 7) is 7.77. The number of alkyl halides is 1. The van der Waals surface area contributed by atoms with Gasteiger partial charge < -0.3 is 9.64 Å². The Morgan fingerprint density at radius 3 is 2.59 bits per heavy atom. The predicted molar refractivity (Wildman–Crippen MR) is 72.1 cm³/mol. The molecule has 0 atom stereocenters. The van der Waals surface area contributed by atoms with Crippen LogP contribution in [-0.2, 0) is 5.88 Å². The molecule has 0 N–H and O–H groups in total. The molecular weight excluding hydrogens is 259 g/mol. The third-order valence-electron chi connectivity index (χ3n) is 2.56. The highest BCUT2D eigenvalue weighted by Gasteiger charge is 2.05. The van der Waals surface area contributed by atoms with E-state index < -0.39 is 0 Å². The van der Waals surface area contributed by atoms with Gasteiger partial charge in [0, 0.05) is 18.6 Å². The van der Waals surface area contributed by atoms with Gasteiger partial charge in [-0.2, -0.15) is 0 Å². The zero-order chi connectivity index (χ0) is 12.7. The van der Waals surface area contributed by atoms with Crippen molar-refractivity contribution in [2.75, 3.05) is 26.2 Å². The van der Waals surface area contributed by atoms with Gasteiger partial charge in [0.25, 0.3) is 0 Å². The second-order valence-electron chi connectivity index (χ2n) is 3.64. The number of nitrogens with zero attached hydrogens (tertiary/aromatic N) is 2. The number of aromatic nitrogens is 1. The quantitative estimate of drug-likeness (QED) is 0.716. The molecule has 5 heteroatoms. The van der Waals surface area contributed by atoms with Gasteiger partial charge in [0.05, 0.1) is 0 Å². The van der Waals surface area contributed by atoms with Crippen LogP contribution in [-0.4, -0.2) is 36.1 Å². The third-order valence-corrected chi connectivity index (χ3v) is 3.14. The van der Waals surface area contributed by atoms with Gasteiger partial charge in [0.1, 0.15) is 11.6 Å². The molecule has 0 unspecified atom stereocenters. The second kappa shape index (κ2) is 7.75. The largest absolute Gasteiger partial charge is 0.475 e. The summed E-state index contributed by atoms with van der Waals surface area (Å²) in [7, 11) is 0. The van der Waals surface area contributed by atoms with E-state index in [0.29, 0.717) is 23.4 Å². The lowest BCUT2D eigenvalue weighted by atomic mass is 10.3. The van der Waals surface area contributed by atoms with E-state index >= 15 is 0 Å². The maximum atomic E-state index is 6.03. The molecule has 0 bridgehead atoms. The van der Waals surface area contributed by atoms with Crippen molar-refractivity contribution >= 4 is 23.2 Å². The highest BCUT2D eigenvalue weighted by atomic mass is 35.5. The minimum absolute atomic E-state index is 0.409. The standard InChI is InChI=1S/C12H18Cl2N2O/c1-3-16(4-2)5-6-17-12-11(14)7-10(8-13)9-15-12/h7,9H,3-6,8H2,1-2H3. The zero-order valence-electron chi connectivity index (χ0n) is 10.2. The first kappa shape index (κ1) is 14.6. The molecule has 0 fully saturated rings. The molecule has 1 rings (SSSR count). The van der Waals surface area contributed by atoms with E-state index in [1.54, 1.807) is 12.3 Å². The lowest BCUT2D eigenvalue weighted by molar-refractivity contribution is 0.218. The molecule has 0 radical (unpaired) electrons. The Morgan fingerprint density at radius 1 is 1.35 bits per heavy atom. The Labute approximate surface area is 113 Å². The fourth-order valence-corrected chi connectivity index (χ4v) is 1.85. The van der Waals surface area contributed by atoms with Crippen molar-refractivity contribution in [1.29, 1.82) is 0 Å². The summed E-state index contributed by atoms with van der Waals surface area (Å²) in [5.41, 5.74) is 0.896. The monoisotopic (exact) mass is 276 g/mol. The Balaban J connectivity index is 2.46. The van der Waals surface area contributed by atoms with Crippen LogP contribution >= 0.6 is 23.2 Å². The maximum absolute atomic E-state index is 6.03. The number of ether oxygens (including phenoxy) is 1. The van der Waals surface area contributed by atoms with Crippen molar-refractivity contribution in [1.82, 2.24) is 9.88 Å². The van der Waals surface area contributed by atoms with Gasteiger partial charge in [-0.25, -0.2) is 4.98 Å². The van der Waals surface area contributed by atoms with Crippen LogP contribution in [0.2, 0.25) is 5.02 Å². The topological polar surface area (TPSA) is 25.4 Å². The molecule has 1 heterocycles. The first-order valence-electron chi connectivity index (χ1n) is 5.76. The van der Waals surface area contributed by atoms with Crippen molar-refractivity contribution in [3.8, 4) is 5.88 Å². The van der Waals surface area contributed by atoms with Gasteiger partial charge in [-0.05, 0) is 24.7 Å². The fraction of sp³-hybridized carbons (Fsp3) is 0.583. The number of halogens is 2. The highest BCUT2D eigenvalue weighted by molar-refractivity contribution is 6.32. The predicted octanol–water partition coefficient (Wildman–Crippen LogP) is 3.19. The minimum Gasteiger partial charge on any atom is -0.475 e. The Kier molecular flexibility index (Phi) is 6.63. The summed E-state index contributed by atoms with van der Waals surface area (Å²) in [6, 6.07) is 1.79. The van der Waals surface area contributed by atoms with Crippen LogP contribution in [0.3, 0.4) is 0 Å². The first-order valence-corrected chi connectivity index (χ1v) is 6.68. The zero-order valence-corrected chi connectivity index (χ0v) is 11.8. The lowest BCUT2D eigenvalue weighted by Gasteiger charge is -2.17. The van der Waals surface area contributed by atoms with Crippen LogP contribution in [0.1, 0.15) is 19.4 Å². The lowest BCUT2D eigenvalue weighted by Crippen LogP contribution is -2.28. The van der Waals surface area contributed by atoms with Gasteiger partial charge in [-0.3, -0.25) is 0 Å². The van der Waals surface area contributed by atoms with Gasteiger partial charge >= 0.3 is 0 Å². The van der Waals surface area contributed by atoms with E-state index in [1.807, 2.05) is 0 Å². The Bertz CT molecular complexity index is 343. The number of rotatable bonds is 7. The smallest absolute Gasteiger partial charge is 0.232 e. The molecule has 0 spiro atoms. The van der Waals surface area contributed by atoms with Crippen LogP contribution in [0.25, 0.3) is 0 Å². The molecule has 0 aliphatic heterocycles. The fourth-order valence-electron chi connectivity index (χ4n) is 1.46. The van der Waals surface area contributed by atoms with Crippen molar-refractivity contribution in [3.63, 3.8) is 0 Å². The molecule has 1 aromatic heterocycles. The first-order chi connectivity index (χ1) is 8.21. The van der Waals surface area contributed by atoms with Crippen LogP contribution in [0, 0.1) is 0 Å². The summed E-state index contributed by atoms with van der Waals surface area (Å²) in [5, 5.41) is 0.516. The molecule has 96 valence electrons. The molecule has 0 aliphatic carbocycles. The van der Waals surface area contributed by atoms with Crippen molar-refractivity contribution in [3.05, 3.63) is 22.8 Å². The average molecular weight is 277 g/mol. The molecule has 0 aliphatic rings. The maximum Gasteiger partial charge on any atom is 0.232 e. The molecule has 0 saturated carbocycles. The molecule has 1 aromatic rings. The number of hydrogen-bond acceptors (Lipinski definition) is 3. The number of pyridine rings is 1. The summed E-state index contributed by atoms with van der Waals surface area (Å²) in [4.78, 5) is 6.42.